The smallest absolute Gasteiger partial charge is 0.234 e. The number of thioether (sulfide) groups is 1. The third-order valence-corrected chi connectivity index (χ3v) is 6.76. The van der Waals surface area contributed by atoms with Gasteiger partial charge in [0, 0.05) is 39.3 Å². The molecule has 0 aliphatic rings. The molecule has 4 rings (SSSR count). The van der Waals surface area contributed by atoms with Crippen molar-refractivity contribution in [1.29, 1.82) is 0 Å². The van der Waals surface area contributed by atoms with Gasteiger partial charge in [0.05, 0.1) is 5.75 Å². The summed E-state index contributed by atoms with van der Waals surface area (Å²) in [7, 11) is 0. The van der Waals surface area contributed by atoms with Crippen LogP contribution >= 0.6 is 23.4 Å². The average molecular weight is 449 g/mol. The van der Waals surface area contributed by atoms with Gasteiger partial charge in [-0.05, 0) is 49.6 Å². The maximum Gasteiger partial charge on any atom is 0.234 e. The summed E-state index contributed by atoms with van der Waals surface area (Å²) in [4.78, 5) is 13.8. The summed E-state index contributed by atoms with van der Waals surface area (Å²) in [5.41, 5.74) is 6.51. The van der Waals surface area contributed by atoms with E-state index < -0.39 is 0 Å². The second-order valence-corrected chi connectivity index (χ2v) is 9.26. The quantitative estimate of drug-likeness (QED) is 0.322. The summed E-state index contributed by atoms with van der Waals surface area (Å²) < 4.78 is 2.20. The number of halogens is 1. The van der Waals surface area contributed by atoms with Gasteiger partial charge < -0.3 is 9.88 Å². The molecule has 1 heterocycles. The molecule has 0 fully saturated rings. The number of nitrogens with one attached hydrogen (secondary N) is 1. The zero-order chi connectivity index (χ0) is 22.0. The predicted molar refractivity (Wildman–Crippen MR) is 132 cm³/mol. The van der Waals surface area contributed by atoms with Crippen LogP contribution in [-0.4, -0.2) is 16.2 Å². The number of carbonyl (C=O) groups excluding carboxylic acids is 1. The van der Waals surface area contributed by atoms with Gasteiger partial charge in [0.1, 0.15) is 0 Å². The number of carbonyl (C=O) groups is 1. The first-order chi connectivity index (χ1) is 14.9. The number of para-hydroxylation sites is 1. The van der Waals surface area contributed by atoms with E-state index in [-0.39, 0.29) is 5.91 Å². The first-order valence-corrected chi connectivity index (χ1v) is 11.6. The van der Waals surface area contributed by atoms with Crippen molar-refractivity contribution < 1.29 is 4.79 Å². The Morgan fingerprint density at radius 1 is 1.00 bits per heavy atom. The van der Waals surface area contributed by atoms with Crippen molar-refractivity contribution in [3.63, 3.8) is 0 Å². The first-order valence-electron chi connectivity index (χ1n) is 10.2. The number of hydrogen-bond acceptors (Lipinski definition) is 2. The van der Waals surface area contributed by atoms with Crippen molar-refractivity contribution in [3.8, 4) is 0 Å². The summed E-state index contributed by atoms with van der Waals surface area (Å²) in [6.45, 7) is 6.82. The molecule has 0 aliphatic carbocycles. The number of rotatable bonds is 6. The van der Waals surface area contributed by atoms with Crippen molar-refractivity contribution in [2.24, 2.45) is 0 Å². The number of nitrogens with zero attached hydrogens (tertiary/aromatic N) is 1. The normalized spacial score (nSPS) is 11.1. The third kappa shape index (κ3) is 4.81. The Morgan fingerprint density at radius 3 is 2.42 bits per heavy atom. The molecular formula is C26H25ClN2OS. The fourth-order valence-corrected chi connectivity index (χ4v) is 5.05. The number of aryl methyl sites for hydroxylation is 3. The maximum absolute atomic E-state index is 12.7. The van der Waals surface area contributed by atoms with Gasteiger partial charge in [-0.2, -0.15) is 0 Å². The Balaban J connectivity index is 1.53. The van der Waals surface area contributed by atoms with Gasteiger partial charge in [0.25, 0.3) is 0 Å². The van der Waals surface area contributed by atoms with Crippen LogP contribution in [0.25, 0.3) is 10.9 Å². The zero-order valence-corrected chi connectivity index (χ0v) is 19.5. The second kappa shape index (κ2) is 9.21. The van der Waals surface area contributed by atoms with E-state index in [2.05, 4.69) is 47.3 Å². The Bertz CT molecular complexity index is 1240. The van der Waals surface area contributed by atoms with Gasteiger partial charge in [-0.15, -0.1) is 11.8 Å². The summed E-state index contributed by atoms with van der Waals surface area (Å²) in [6.07, 6.45) is 2.12. The van der Waals surface area contributed by atoms with Crippen molar-refractivity contribution >= 4 is 45.9 Å². The van der Waals surface area contributed by atoms with E-state index in [4.69, 9.17) is 11.6 Å². The SMILES string of the molecule is Cc1cc(C)c(NC(=O)CSc2cn(Cc3ccccc3Cl)c3ccccc23)c(C)c1. The zero-order valence-electron chi connectivity index (χ0n) is 17.9. The molecule has 31 heavy (non-hydrogen) atoms. The lowest BCUT2D eigenvalue weighted by Crippen LogP contribution is -2.15. The van der Waals surface area contributed by atoms with E-state index in [1.54, 1.807) is 11.8 Å². The molecule has 1 amide bonds. The lowest BCUT2D eigenvalue weighted by Gasteiger charge is -2.12. The summed E-state index contributed by atoms with van der Waals surface area (Å²) in [6, 6.07) is 20.4. The fraction of sp³-hybridized carbons (Fsp3) is 0.192. The Kier molecular flexibility index (Phi) is 6.40. The van der Waals surface area contributed by atoms with Crippen LogP contribution in [0.5, 0.6) is 0 Å². The van der Waals surface area contributed by atoms with Crippen molar-refractivity contribution in [3.05, 3.63) is 94.1 Å². The van der Waals surface area contributed by atoms with Crippen LogP contribution in [0.3, 0.4) is 0 Å². The third-order valence-electron chi connectivity index (χ3n) is 5.35. The number of fused-ring (bicyclic) bond motifs is 1. The van der Waals surface area contributed by atoms with E-state index in [9.17, 15) is 4.79 Å². The van der Waals surface area contributed by atoms with Crippen LogP contribution in [-0.2, 0) is 11.3 Å². The molecule has 1 N–H and O–H groups in total. The van der Waals surface area contributed by atoms with Crippen LogP contribution in [0.15, 0.2) is 71.8 Å². The van der Waals surface area contributed by atoms with Crippen LogP contribution < -0.4 is 5.32 Å². The van der Waals surface area contributed by atoms with Crippen LogP contribution in [0.2, 0.25) is 5.02 Å². The highest BCUT2D eigenvalue weighted by Gasteiger charge is 2.13. The van der Waals surface area contributed by atoms with E-state index in [0.29, 0.717) is 12.3 Å². The topological polar surface area (TPSA) is 34.0 Å². The van der Waals surface area contributed by atoms with Gasteiger partial charge >= 0.3 is 0 Å². The second-order valence-electron chi connectivity index (χ2n) is 7.84. The van der Waals surface area contributed by atoms with Crippen molar-refractivity contribution in [2.75, 3.05) is 11.1 Å². The molecule has 0 atom stereocenters. The summed E-state index contributed by atoms with van der Waals surface area (Å²) in [5.74, 6) is 0.357. The molecule has 0 bridgehead atoms. The molecule has 5 heteroatoms. The number of hydrogen-bond donors (Lipinski definition) is 1. The lowest BCUT2D eigenvalue weighted by atomic mass is 10.1. The summed E-state index contributed by atoms with van der Waals surface area (Å²) in [5, 5.41) is 5.00. The van der Waals surface area contributed by atoms with E-state index >= 15 is 0 Å². The van der Waals surface area contributed by atoms with E-state index in [1.807, 2.05) is 50.2 Å². The average Bonchev–Trinajstić information content (AvgIpc) is 3.08. The van der Waals surface area contributed by atoms with Crippen LogP contribution in [0.4, 0.5) is 5.69 Å². The van der Waals surface area contributed by atoms with E-state index in [0.717, 1.165) is 43.2 Å². The number of amides is 1. The molecule has 158 valence electrons. The summed E-state index contributed by atoms with van der Waals surface area (Å²) >= 11 is 7.94. The molecule has 3 nitrogen and oxygen atoms in total. The van der Waals surface area contributed by atoms with Crippen molar-refractivity contribution in [2.45, 2.75) is 32.2 Å². The van der Waals surface area contributed by atoms with Crippen LogP contribution in [0, 0.1) is 20.8 Å². The fourth-order valence-electron chi connectivity index (χ4n) is 3.97. The molecule has 1 aromatic heterocycles. The van der Waals surface area contributed by atoms with Gasteiger partial charge in [-0.1, -0.05) is 65.7 Å². The predicted octanol–water partition coefficient (Wildman–Crippen LogP) is 7.00. The first kappa shape index (κ1) is 21.5. The monoisotopic (exact) mass is 448 g/mol. The Labute approximate surface area is 192 Å². The molecule has 0 spiro atoms. The van der Waals surface area contributed by atoms with Gasteiger partial charge in [0.2, 0.25) is 5.91 Å². The van der Waals surface area contributed by atoms with Gasteiger partial charge in [-0.25, -0.2) is 0 Å². The highest BCUT2D eigenvalue weighted by atomic mass is 35.5. The number of benzene rings is 3. The van der Waals surface area contributed by atoms with Crippen molar-refractivity contribution in [1.82, 2.24) is 4.57 Å². The minimum absolute atomic E-state index is 0.00277. The lowest BCUT2D eigenvalue weighted by molar-refractivity contribution is -0.113. The molecule has 0 unspecified atom stereocenters. The minimum Gasteiger partial charge on any atom is -0.342 e. The van der Waals surface area contributed by atoms with Crippen LogP contribution in [0.1, 0.15) is 22.3 Å². The largest absolute Gasteiger partial charge is 0.342 e. The highest BCUT2D eigenvalue weighted by molar-refractivity contribution is 8.00. The number of anilines is 1. The number of aromatic nitrogens is 1. The molecule has 0 saturated heterocycles. The molecule has 0 aliphatic heterocycles. The van der Waals surface area contributed by atoms with Gasteiger partial charge in [-0.3, -0.25) is 4.79 Å². The highest BCUT2D eigenvalue weighted by Crippen LogP contribution is 2.31. The molecule has 3 aromatic carbocycles. The molecule has 0 radical (unpaired) electrons. The Hall–Kier alpha value is -2.69. The maximum atomic E-state index is 12.7. The molecule has 4 aromatic rings. The minimum atomic E-state index is 0.00277. The Morgan fingerprint density at radius 2 is 1.68 bits per heavy atom. The van der Waals surface area contributed by atoms with Gasteiger partial charge in [0.15, 0.2) is 0 Å². The standard InChI is InChI=1S/C26H25ClN2OS/c1-17-12-18(2)26(19(3)13-17)28-25(30)16-31-24-15-29(23-11-7-5-9-21(23)24)14-20-8-4-6-10-22(20)27/h4-13,15H,14,16H2,1-3H3,(H,28,30). The molecular weight excluding hydrogens is 424 g/mol. The molecule has 0 saturated carbocycles. The van der Waals surface area contributed by atoms with E-state index in [1.165, 1.54) is 5.56 Å².